The Labute approximate surface area is 91.2 Å². The first-order valence-electron chi connectivity index (χ1n) is 4.75. The summed E-state index contributed by atoms with van der Waals surface area (Å²) in [7, 11) is 0. The van der Waals surface area contributed by atoms with Crippen LogP contribution < -0.4 is 10.9 Å². The minimum Gasteiger partial charge on any atom is -0.326 e. The van der Waals surface area contributed by atoms with Crippen molar-refractivity contribution in [3.63, 3.8) is 0 Å². The van der Waals surface area contributed by atoms with Gasteiger partial charge in [-0.3, -0.25) is 9.78 Å². The summed E-state index contributed by atoms with van der Waals surface area (Å²) in [5.74, 6) is -0.617. The van der Waals surface area contributed by atoms with Gasteiger partial charge >= 0.3 is 0 Å². The molecular formula is C11H10FN3O. The molecule has 0 atom stereocenters. The molecule has 2 N–H and O–H groups in total. The van der Waals surface area contributed by atoms with E-state index in [4.69, 9.17) is 0 Å². The number of rotatable bonds is 2. The average molecular weight is 219 g/mol. The normalized spacial score (nSPS) is 10.1. The monoisotopic (exact) mass is 219 g/mol. The van der Waals surface area contributed by atoms with E-state index in [2.05, 4.69) is 15.3 Å². The second kappa shape index (κ2) is 4.14. The fourth-order valence-corrected chi connectivity index (χ4v) is 1.29. The SMILES string of the molecule is Cc1nc(Nc2ccccc2)[nH]c(=O)c1F. The lowest BCUT2D eigenvalue weighted by atomic mass is 10.3. The molecule has 0 bridgehead atoms. The number of hydrogen-bond acceptors (Lipinski definition) is 3. The fraction of sp³-hybridized carbons (Fsp3) is 0.0909. The van der Waals surface area contributed by atoms with Crippen LogP contribution in [0.15, 0.2) is 35.1 Å². The molecule has 0 saturated carbocycles. The van der Waals surface area contributed by atoms with Crippen LogP contribution in [0.1, 0.15) is 5.69 Å². The van der Waals surface area contributed by atoms with Crippen LogP contribution in [-0.4, -0.2) is 9.97 Å². The molecule has 16 heavy (non-hydrogen) atoms. The van der Waals surface area contributed by atoms with Crippen LogP contribution >= 0.6 is 0 Å². The number of halogens is 1. The van der Waals surface area contributed by atoms with E-state index in [1.165, 1.54) is 6.92 Å². The summed E-state index contributed by atoms with van der Waals surface area (Å²) >= 11 is 0. The molecule has 0 amide bonds. The number of benzene rings is 1. The van der Waals surface area contributed by atoms with Gasteiger partial charge in [0, 0.05) is 5.69 Å². The Morgan fingerprint density at radius 3 is 2.62 bits per heavy atom. The first kappa shape index (κ1) is 10.4. The molecule has 0 unspecified atom stereocenters. The van der Waals surface area contributed by atoms with Crippen molar-refractivity contribution >= 4 is 11.6 Å². The molecule has 1 heterocycles. The van der Waals surface area contributed by atoms with Gasteiger partial charge in [0.25, 0.3) is 5.56 Å². The summed E-state index contributed by atoms with van der Waals surface area (Å²) in [5, 5.41) is 2.88. The number of para-hydroxylation sites is 1. The molecule has 4 nitrogen and oxygen atoms in total. The van der Waals surface area contributed by atoms with E-state index in [0.717, 1.165) is 5.69 Å². The molecule has 2 aromatic rings. The van der Waals surface area contributed by atoms with Crippen molar-refractivity contribution in [2.45, 2.75) is 6.92 Å². The molecule has 0 saturated heterocycles. The Kier molecular flexibility index (Phi) is 2.68. The largest absolute Gasteiger partial charge is 0.326 e. The smallest absolute Gasteiger partial charge is 0.288 e. The van der Waals surface area contributed by atoms with Gasteiger partial charge in [-0.2, -0.15) is 4.39 Å². The van der Waals surface area contributed by atoms with Crippen molar-refractivity contribution in [2.75, 3.05) is 5.32 Å². The number of hydrogen-bond donors (Lipinski definition) is 2. The summed E-state index contributed by atoms with van der Waals surface area (Å²) in [4.78, 5) is 17.3. The third-order valence-corrected chi connectivity index (χ3v) is 2.06. The number of nitrogens with zero attached hydrogens (tertiary/aromatic N) is 1. The van der Waals surface area contributed by atoms with E-state index in [9.17, 15) is 9.18 Å². The van der Waals surface area contributed by atoms with Gasteiger partial charge in [-0.1, -0.05) is 18.2 Å². The summed E-state index contributed by atoms with van der Waals surface area (Å²) in [6.45, 7) is 1.45. The number of H-pyrrole nitrogens is 1. The third-order valence-electron chi connectivity index (χ3n) is 2.06. The molecule has 0 aliphatic carbocycles. The minimum atomic E-state index is -0.849. The van der Waals surface area contributed by atoms with Crippen LogP contribution in [0, 0.1) is 12.7 Å². The highest BCUT2D eigenvalue weighted by atomic mass is 19.1. The second-order valence-corrected chi connectivity index (χ2v) is 3.30. The quantitative estimate of drug-likeness (QED) is 0.811. The predicted molar refractivity (Wildman–Crippen MR) is 59.3 cm³/mol. The zero-order chi connectivity index (χ0) is 11.5. The molecule has 1 aromatic carbocycles. The standard InChI is InChI=1S/C11H10FN3O/c1-7-9(12)10(16)15-11(13-7)14-8-5-3-2-4-6-8/h2-6H,1H3,(H2,13,14,15,16). The molecule has 0 fully saturated rings. The molecule has 0 spiro atoms. The van der Waals surface area contributed by atoms with E-state index in [-0.39, 0.29) is 11.6 Å². The summed E-state index contributed by atoms with van der Waals surface area (Å²) < 4.78 is 13.0. The molecule has 0 aliphatic rings. The van der Waals surface area contributed by atoms with Crippen LogP contribution in [-0.2, 0) is 0 Å². The second-order valence-electron chi connectivity index (χ2n) is 3.30. The van der Waals surface area contributed by atoms with Crippen molar-refractivity contribution in [1.82, 2.24) is 9.97 Å². The zero-order valence-electron chi connectivity index (χ0n) is 8.62. The summed E-state index contributed by atoms with van der Waals surface area (Å²) in [5.41, 5.74) is 0.0739. The van der Waals surface area contributed by atoms with Crippen molar-refractivity contribution in [1.29, 1.82) is 0 Å². The zero-order valence-corrected chi connectivity index (χ0v) is 8.62. The van der Waals surface area contributed by atoms with Gasteiger partial charge in [0.1, 0.15) is 0 Å². The lowest BCUT2D eigenvalue weighted by molar-refractivity contribution is 0.589. The van der Waals surface area contributed by atoms with E-state index < -0.39 is 11.4 Å². The van der Waals surface area contributed by atoms with E-state index >= 15 is 0 Å². The lowest BCUT2D eigenvalue weighted by Gasteiger charge is -2.05. The highest BCUT2D eigenvalue weighted by molar-refractivity contribution is 5.52. The Hall–Kier alpha value is -2.17. The molecule has 82 valence electrons. The lowest BCUT2D eigenvalue weighted by Crippen LogP contribution is -2.16. The maximum Gasteiger partial charge on any atom is 0.288 e. The van der Waals surface area contributed by atoms with Crippen LogP contribution in [0.2, 0.25) is 0 Å². The highest BCUT2D eigenvalue weighted by Gasteiger charge is 2.06. The van der Waals surface area contributed by atoms with Gasteiger partial charge in [0.05, 0.1) is 5.69 Å². The van der Waals surface area contributed by atoms with Gasteiger partial charge in [-0.25, -0.2) is 4.98 Å². The number of anilines is 2. The molecule has 0 aliphatic heterocycles. The first-order chi connectivity index (χ1) is 7.66. The predicted octanol–water partition coefficient (Wildman–Crippen LogP) is 1.96. The van der Waals surface area contributed by atoms with Crippen molar-refractivity contribution in [3.8, 4) is 0 Å². The number of aromatic nitrogens is 2. The highest BCUT2D eigenvalue weighted by Crippen LogP contribution is 2.11. The molecular weight excluding hydrogens is 209 g/mol. The van der Waals surface area contributed by atoms with Crippen LogP contribution in [0.25, 0.3) is 0 Å². The van der Waals surface area contributed by atoms with Crippen LogP contribution in [0.3, 0.4) is 0 Å². The minimum absolute atomic E-state index is 0.0715. The molecule has 1 aromatic heterocycles. The van der Waals surface area contributed by atoms with E-state index in [1.807, 2.05) is 30.3 Å². The summed E-state index contributed by atoms with van der Waals surface area (Å²) in [6.07, 6.45) is 0. The topological polar surface area (TPSA) is 57.8 Å². The Bertz CT molecular complexity index is 551. The van der Waals surface area contributed by atoms with Gasteiger partial charge in [-0.05, 0) is 19.1 Å². The maximum absolute atomic E-state index is 13.0. The van der Waals surface area contributed by atoms with Crippen molar-refractivity contribution < 1.29 is 4.39 Å². The Morgan fingerprint density at radius 2 is 2.00 bits per heavy atom. The van der Waals surface area contributed by atoms with Crippen molar-refractivity contribution in [3.05, 3.63) is 52.2 Å². The Balaban J connectivity index is 2.33. The fourth-order valence-electron chi connectivity index (χ4n) is 1.29. The number of aryl methyl sites for hydroxylation is 1. The van der Waals surface area contributed by atoms with E-state index in [0.29, 0.717) is 0 Å². The van der Waals surface area contributed by atoms with Gasteiger partial charge in [0.2, 0.25) is 11.8 Å². The first-order valence-corrected chi connectivity index (χ1v) is 4.75. The number of nitrogens with one attached hydrogen (secondary N) is 2. The summed E-state index contributed by atoms with van der Waals surface area (Å²) in [6, 6.07) is 9.20. The van der Waals surface area contributed by atoms with Gasteiger partial charge in [0.15, 0.2) is 0 Å². The van der Waals surface area contributed by atoms with E-state index in [1.54, 1.807) is 0 Å². The third kappa shape index (κ3) is 2.08. The molecule has 0 radical (unpaired) electrons. The molecule has 5 heteroatoms. The molecule has 2 rings (SSSR count). The Morgan fingerprint density at radius 1 is 1.31 bits per heavy atom. The van der Waals surface area contributed by atoms with Crippen LogP contribution in [0.5, 0.6) is 0 Å². The van der Waals surface area contributed by atoms with Crippen LogP contribution in [0.4, 0.5) is 16.0 Å². The average Bonchev–Trinajstić information content (AvgIpc) is 2.27. The number of aromatic amines is 1. The maximum atomic E-state index is 13.0. The van der Waals surface area contributed by atoms with Gasteiger partial charge in [-0.15, -0.1) is 0 Å². The van der Waals surface area contributed by atoms with Crippen molar-refractivity contribution in [2.24, 2.45) is 0 Å². The van der Waals surface area contributed by atoms with Gasteiger partial charge < -0.3 is 5.32 Å².